The van der Waals surface area contributed by atoms with Crippen molar-refractivity contribution >= 4 is 5.91 Å². The van der Waals surface area contributed by atoms with E-state index in [2.05, 4.69) is 24.1 Å². The Morgan fingerprint density at radius 1 is 1.14 bits per heavy atom. The van der Waals surface area contributed by atoms with Gasteiger partial charge in [0.05, 0.1) is 0 Å². The standard InChI is InChI=1S/C18H22N2O/c1-13(2)15-7-9-16(10-8-15)18(21)19-12-11-17-6-4-5-14(3)20-17/h4-10,13H,11-12H2,1-3H3,(H,19,21). The molecule has 0 aliphatic rings. The first-order valence-corrected chi connectivity index (χ1v) is 7.37. The zero-order valence-electron chi connectivity index (χ0n) is 12.9. The van der Waals surface area contributed by atoms with Crippen molar-refractivity contribution in [3.05, 3.63) is 65.0 Å². The molecule has 0 saturated carbocycles. The molecule has 1 heterocycles. The molecule has 0 spiro atoms. The first kappa shape index (κ1) is 15.2. The van der Waals surface area contributed by atoms with Gasteiger partial charge >= 0.3 is 0 Å². The molecule has 1 aromatic heterocycles. The van der Waals surface area contributed by atoms with Gasteiger partial charge in [-0.3, -0.25) is 9.78 Å². The molecule has 2 rings (SSSR count). The van der Waals surface area contributed by atoms with Crippen LogP contribution in [0.2, 0.25) is 0 Å². The SMILES string of the molecule is Cc1cccc(CCNC(=O)c2ccc(C(C)C)cc2)n1. The highest BCUT2D eigenvalue weighted by Gasteiger charge is 2.06. The quantitative estimate of drug-likeness (QED) is 0.912. The predicted octanol–water partition coefficient (Wildman–Crippen LogP) is 3.49. The van der Waals surface area contributed by atoms with Crippen LogP contribution in [0.25, 0.3) is 0 Å². The van der Waals surface area contributed by atoms with Gasteiger partial charge in [0.1, 0.15) is 0 Å². The zero-order valence-corrected chi connectivity index (χ0v) is 12.9. The highest BCUT2D eigenvalue weighted by molar-refractivity contribution is 5.94. The molecule has 0 fully saturated rings. The molecule has 1 amide bonds. The molecule has 1 aromatic carbocycles. The van der Waals surface area contributed by atoms with E-state index in [9.17, 15) is 4.79 Å². The molecule has 0 atom stereocenters. The van der Waals surface area contributed by atoms with Gasteiger partial charge in [-0.1, -0.05) is 32.0 Å². The maximum atomic E-state index is 12.1. The summed E-state index contributed by atoms with van der Waals surface area (Å²) in [6.45, 7) is 6.85. The Morgan fingerprint density at radius 2 is 1.86 bits per heavy atom. The summed E-state index contributed by atoms with van der Waals surface area (Å²) in [6.07, 6.45) is 0.748. The first-order chi connectivity index (χ1) is 10.1. The minimum Gasteiger partial charge on any atom is -0.352 e. The molecule has 0 aliphatic heterocycles. The van der Waals surface area contributed by atoms with Crippen LogP contribution in [0.1, 0.15) is 47.1 Å². The summed E-state index contributed by atoms with van der Waals surface area (Å²) in [4.78, 5) is 16.5. The van der Waals surface area contributed by atoms with E-state index in [1.54, 1.807) is 0 Å². The van der Waals surface area contributed by atoms with Gasteiger partial charge in [0.25, 0.3) is 5.91 Å². The number of rotatable bonds is 5. The molecule has 0 radical (unpaired) electrons. The number of aromatic nitrogens is 1. The number of hydrogen-bond donors (Lipinski definition) is 1. The second-order valence-corrected chi connectivity index (χ2v) is 5.55. The summed E-state index contributed by atoms with van der Waals surface area (Å²) in [5, 5.41) is 2.94. The molecule has 0 saturated heterocycles. The number of benzene rings is 1. The van der Waals surface area contributed by atoms with E-state index in [0.29, 0.717) is 18.0 Å². The van der Waals surface area contributed by atoms with Crippen LogP contribution in [0.3, 0.4) is 0 Å². The molecule has 0 bridgehead atoms. The van der Waals surface area contributed by atoms with Gasteiger partial charge < -0.3 is 5.32 Å². The summed E-state index contributed by atoms with van der Waals surface area (Å²) < 4.78 is 0. The largest absolute Gasteiger partial charge is 0.352 e. The number of hydrogen-bond acceptors (Lipinski definition) is 2. The van der Waals surface area contributed by atoms with Crippen molar-refractivity contribution < 1.29 is 4.79 Å². The monoisotopic (exact) mass is 282 g/mol. The van der Waals surface area contributed by atoms with Gasteiger partial charge in [-0.2, -0.15) is 0 Å². The molecule has 3 nitrogen and oxygen atoms in total. The molecular weight excluding hydrogens is 260 g/mol. The van der Waals surface area contributed by atoms with E-state index in [-0.39, 0.29) is 5.91 Å². The third kappa shape index (κ3) is 4.42. The van der Waals surface area contributed by atoms with Gasteiger partial charge in [-0.15, -0.1) is 0 Å². The maximum Gasteiger partial charge on any atom is 0.251 e. The Bertz CT molecular complexity index is 603. The van der Waals surface area contributed by atoms with Crippen LogP contribution in [0.5, 0.6) is 0 Å². The fourth-order valence-electron chi connectivity index (χ4n) is 2.16. The second-order valence-electron chi connectivity index (χ2n) is 5.55. The lowest BCUT2D eigenvalue weighted by molar-refractivity contribution is 0.0954. The minimum absolute atomic E-state index is 0.0297. The molecule has 2 aromatic rings. The molecule has 1 N–H and O–H groups in total. The molecule has 3 heteroatoms. The number of carbonyl (C=O) groups excluding carboxylic acids is 1. The Kier molecular flexibility index (Phi) is 5.09. The molecule has 0 unspecified atom stereocenters. The minimum atomic E-state index is -0.0297. The summed E-state index contributed by atoms with van der Waals surface area (Å²) in [7, 11) is 0. The molecule has 110 valence electrons. The van der Waals surface area contributed by atoms with Gasteiger partial charge in [0, 0.05) is 29.9 Å². The smallest absolute Gasteiger partial charge is 0.251 e. The van der Waals surface area contributed by atoms with Crippen molar-refractivity contribution in [2.45, 2.75) is 33.1 Å². The number of aryl methyl sites for hydroxylation is 1. The average molecular weight is 282 g/mol. The van der Waals surface area contributed by atoms with Crippen molar-refractivity contribution in [3.8, 4) is 0 Å². The fourth-order valence-corrected chi connectivity index (χ4v) is 2.16. The third-order valence-corrected chi connectivity index (χ3v) is 3.45. The van der Waals surface area contributed by atoms with Gasteiger partial charge in [-0.05, 0) is 42.7 Å². The first-order valence-electron chi connectivity index (χ1n) is 7.37. The summed E-state index contributed by atoms with van der Waals surface area (Å²) in [6, 6.07) is 13.7. The van der Waals surface area contributed by atoms with Crippen LogP contribution < -0.4 is 5.32 Å². The van der Waals surface area contributed by atoms with Gasteiger partial charge in [0.2, 0.25) is 0 Å². The Morgan fingerprint density at radius 3 is 2.48 bits per heavy atom. The number of nitrogens with zero attached hydrogens (tertiary/aromatic N) is 1. The van der Waals surface area contributed by atoms with E-state index in [1.807, 2.05) is 49.4 Å². The summed E-state index contributed by atoms with van der Waals surface area (Å²) >= 11 is 0. The predicted molar refractivity (Wildman–Crippen MR) is 85.5 cm³/mol. The van der Waals surface area contributed by atoms with Crippen LogP contribution in [0.15, 0.2) is 42.5 Å². The maximum absolute atomic E-state index is 12.1. The van der Waals surface area contributed by atoms with Crippen LogP contribution in [-0.4, -0.2) is 17.4 Å². The summed E-state index contributed by atoms with van der Waals surface area (Å²) in [5.74, 6) is 0.451. The second kappa shape index (κ2) is 7.02. The lowest BCUT2D eigenvalue weighted by Crippen LogP contribution is -2.25. The summed E-state index contributed by atoms with van der Waals surface area (Å²) in [5.41, 5.74) is 3.96. The molecular formula is C18H22N2O. The fraction of sp³-hybridized carbons (Fsp3) is 0.333. The van der Waals surface area contributed by atoms with Crippen LogP contribution in [-0.2, 0) is 6.42 Å². The lowest BCUT2D eigenvalue weighted by atomic mass is 10.0. The van der Waals surface area contributed by atoms with E-state index < -0.39 is 0 Å². The third-order valence-electron chi connectivity index (χ3n) is 3.45. The van der Waals surface area contributed by atoms with Crippen molar-refractivity contribution in [2.24, 2.45) is 0 Å². The van der Waals surface area contributed by atoms with E-state index >= 15 is 0 Å². The van der Waals surface area contributed by atoms with Crippen LogP contribution in [0.4, 0.5) is 0 Å². The van der Waals surface area contributed by atoms with E-state index in [0.717, 1.165) is 17.8 Å². The number of pyridine rings is 1. The van der Waals surface area contributed by atoms with Crippen molar-refractivity contribution in [3.63, 3.8) is 0 Å². The number of amides is 1. The zero-order chi connectivity index (χ0) is 15.2. The van der Waals surface area contributed by atoms with E-state index in [1.165, 1.54) is 5.56 Å². The Hall–Kier alpha value is -2.16. The normalized spacial score (nSPS) is 10.7. The number of nitrogens with one attached hydrogen (secondary N) is 1. The van der Waals surface area contributed by atoms with Crippen LogP contribution in [0, 0.1) is 6.92 Å². The number of carbonyl (C=O) groups is 1. The van der Waals surface area contributed by atoms with Crippen LogP contribution >= 0.6 is 0 Å². The van der Waals surface area contributed by atoms with Crippen molar-refractivity contribution in [1.82, 2.24) is 10.3 Å². The van der Waals surface area contributed by atoms with Crippen molar-refractivity contribution in [1.29, 1.82) is 0 Å². The van der Waals surface area contributed by atoms with Gasteiger partial charge in [0.15, 0.2) is 0 Å². The average Bonchev–Trinajstić information content (AvgIpc) is 2.47. The topological polar surface area (TPSA) is 42.0 Å². The molecule has 21 heavy (non-hydrogen) atoms. The van der Waals surface area contributed by atoms with E-state index in [4.69, 9.17) is 0 Å². The highest BCUT2D eigenvalue weighted by atomic mass is 16.1. The Balaban J connectivity index is 1.87. The van der Waals surface area contributed by atoms with Crippen molar-refractivity contribution in [2.75, 3.05) is 6.54 Å². The Labute approximate surface area is 126 Å². The lowest BCUT2D eigenvalue weighted by Gasteiger charge is -2.08. The molecule has 0 aliphatic carbocycles. The van der Waals surface area contributed by atoms with Gasteiger partial charge in [-0.25, -0.2) is 0 Å². The highest BCUT2D eigenvalue weighted by Crippen LogP contribution is 2.14.